The van der Waals surface area contributed by atoms with Crippen molar-refractivity contribution < 1.29 is 0 Å². The van der Waals surface area contributed by atoms with Crippen LogP contribution in [0.3, 0.4) is 0 Å². The lowest BCUT2D eigenvalue weighted by molar-refractivity contribution is 1.35. The van der Waals surface area contributed by atoms with Gasteiger partial charge in [-0.15, -0.1) is 11.3 Å². The standard InChI is InChI=1S/C18H17NS/c1-12-6-4-5-7-15(12)8-9-18-19-16-10-13(2)14(3)11-17(16)20-18/h4-11H,1-3H3. The van der Waals surface area contributed by atoms with Gasteiger partial charge in [-0.1, -0.05) is 30.3 Å². The van der Waals surface area contributed by atoms with Gasteiger partial charge >= 0.3 is 0 Å². The molecule has 0 radical (unpaired) electrons. The predicted octanol–water partition coefficient (Wildman–Crippen LogP) is 5.39. The van der Waals surface area contributed by atoms with Gasteiger partial charge in [0.15, 0.2) is 0 Å². The molecule has 0 aliphatic carbocycles. The van der Waals surface area contributed by atoms with Crippen molar-refractivity contribution in [3.63, 3.8) is 0 Å². The predicted molar refractivity (Wildman–Crippen MR) is 89.2 cm³/mol. The van der Waals surface area contributed by atoms with Gasteiger partial charge in [-0.05, 0) is 61.2 Å². The van der Waals surface area contributed by atoms with Crippen molar-refractivity contribution in [3.8, 4) is 0 Å². The first-order valence-corrected chi connectivity index (χ1v) is 7.56. The molecule has 0 bridgehead atoms. The summed E-state index contributed by atoms with van der Waals surface area (Å²) >= 11 is 1.75. The van der Waals surface area contributed by atoms with Gasteiger partial charge in [0.2, 0.25) is 0 Å². The number of benzene rings is 2. The molecule has 3 rings (SSSR count). The summed E-state index contributed by atoms with van der Waals surface area (Å²) in [4.78, 5) is 4.69. The molecule has 2 aromatic carbocycles. The molecule has 0 unspecified atom stereocenters. The van der Waals surface area contributed by atoms with E-state index in [1.807, 2.05) is 0 Å². The molecule has 0 N–H and O–H groups in total. The highest BCUT2D eigenvalue weighted by Crippen LogP contribution is 2.26. The molecule has 1 aromatic heterocycles. The zero-order valence-corrected chi connectivity index (χ0v) is 12.8. The molecule has 0 saturated carbocycles. The summed E-state index contributed by atoms with van der Waals surface area (Å²) in [6.07, 6.45) is 4.25. The number of aromatic nitrogens is 1. The van der Waals surface area contributed by atoms with E-state index in [1.165, 1.54) is 27.0 Å². The Bertz CT molecular complexity index is 757. The highest BCUT2D eigenvalue weighted by Gasteiger charge is 2.03. The molecule has 0 fully saturated rings. The minimum absolute atomic E-state index is 1.06. The van der Waals surface area contributed by atoms with Gasteiger partial charge in [-0.3, -0.25) is 0 Å². The highest BCUT2D eigenvalue weighted by molar-refractivity contribution is 7.19. The number of hydrogen-bond donors (Lipinski definition) is 0. The van der Waals surface area contributed by atoms with E-state index < -0.39 is 0 Å². The summed E-state index contributed by atoms with van der Waals surface area (Å²) < 4.78 is 1.26. The van der Waals surface area contributed by atoms with Crippen molar-refractivity contribution in [1.29, 1.82) is 0 Å². The molecule has 2 heteroatoms. The Kier molecular flexibility index (Phi) is 3.41. The molecule has 0 spiro atoms. The van der Waals surface area contributed by atoms with E-state index in [2.05, 4.69) is 69.3 Å². The van der Waals surface area contributed by atoms with Crippen LogP contribution in [-0.2, 0) is 0 Å². The van der Waals surface area contributed by atoms with Crippen molar-refractivity contribution in [2.45, 2.75) is 20.8 Å². The Labute approximate surface area is 123 Å². The summed E-state index contributed by atoms with van der Waals surface area (Å²) in [5.41, 5.74) is 6.27. The average molecular weight is 279 g/mol. The van der Waals surface area contributed by atoms with E-state index in [1.54, 1.807) is 11.3 Å². The average Bonchev–Trinajstić information content (AvgIpc) is 2.80. The van der Waals surface area contributed by atoms with Crippen LogP contribution in [0.25, 0.3) is 22.4 Å². The molecule has 0 amide bonds. The molecule has 3 aromatic rings. The maximum absolute atomic E-state index is 4.69. The maximum Gasteiger partial charge on any atom is 0.117 e. The van der Waals surface area contributed by atoms with Crippen molar-refractivity contribution >= 4 is 33.7 Å². The van der Waals surface area contributed by atoms with Gasteiger partial charge < -0.3 is 0 Å². The summed E-state index contributed by atoms with van der Waals surface area (Å²) in [5, 5.41) is 1.06. The molecule has 0 atom stereocenters. The van der Waals surface area contributed by atoms with Crippen LogP contribution in [0.2, 0.25) is 0 Å². The van der Waals surface area contributed by atoms with Gasteiger partial charge in [0.1, 0.15) is 5.01 Å². The molecule has 100 valence electrons. The molecular weight excluding hydrogens is 262 g/mol. The zero-order chi connectivity index (χ0) is 14.1. The topological polar surface area (TPSA) is 12.9 Å². The molecule has 0 aliphatic heterocycles. The molecule has 1 heterocycles. The number of hydrogen-bond acceptors (Lipinski definition) is 2. The van der Waals surface area contributed by atoms with Crippen molar-refractivity contribution in [3.05, 3.63) is 63.7 Å². The van der Waals surface area contributed by atoms with Crippen LogP contribution in [-0.4, -0.2) is 4.98 Å². The van der Waals surface area contributed by atoms with Crippen molar-refractivity contribution in [2.75, 3.05) is 0 Å². The molecular formula is C18H17NS. The summed E-state index contributed by atoms with van der Waals surface area (Å²) in [7, 11) is 0. The second kappa shape index (κ2) is 5.22. The number of nitrogens with zero attached hydrogens (tertiary/aromatic N) is 1. The number of fused-ring (bicyclic) bond motifs is 1. The van der Waals surface area contributed by atoms with Crippen LogP contribution < -0.4 is 0 Å². The van der Waals surface area contributed by atoms with Gasteiger partial charge in [0.05, 0.1) is 10.2 Å². The fraction of sp³-hybridized carbons (Fsp3) is 0.167. The smallest absolute Gasteiger partial charge is 0.117 e. The SMILES string of the molecule is Cc1cc2nc(C=Cc3ccccc3C)sc2cc1C. The summed E-state index contributed by atoms with van der Waals surface area (Å²) in [5.74, 6) is 0. The second-order valence-corrected chi connectivity index (χ2v) is 6.21. The van der Waals surface area contributed by atoms with Gasteiger partial charge in [-0.25, -0.2) is 4.98 Å². The maximum atomic E-state index is 4.69. The van der Waals surface area contributed by atoms with Crippen LogP contribution in [0.5, 0.6) is 0 Å². The van der Waals surface area contributed by atoms with Crippen molar-refractivity contribution in [1.82, 2.24) is 4.98 Å². The first-order valence-electron chi connectivity index (χ1n) is 6.75. The fourth-order valence-corrected chi connectivity index (χ4v) is 3.15. The third-order valence-electron chi connectivity index (χ3n) is 3.61. The largest absolute Gasteiger partial charge is 0.237 e. The minimum Gasteiger partial charge on any atom is -0.237 e. The Morgan fingerprint density at radius 2 is 1.65 bits per heavy atom. The highest BCUT2D eigenvalue weighted by atomic mass is 32.1. The van der Waals surface area contributed by atoms with Gasteiger partial charge in [0.25, 0.3) is 0 Å². The molecule has 20 heavy (non-hydrogen) atoms. The minimum atomic E-state index is 1.06. The first-order chi connectivity index (χ1) is 9.63. The molecule has 0 saturated heterocycles. The summed E-state index contributed by atoms with van der Waals surface area (Å²) in [6, 6.07) is 12.8. The van der Waals surface area contributed by atoms with Crippen LogP contribution >= 0.6 is 11.3 Å². The van der Waals surface area contributed by atoms with Crippen LogP contribution in [0.1, 0.15) is 27.3 Å². The Morgan fingerprint density at radius 3 is 2.45 bits per heavy atom. The van der Waals surface area contributed by atoms with Crippen LogP contribution in [0, 0.1) is 20.8 Å². The normalized spacial score (nSPS) is 11.6. The van der Waals surface area contributed by atoms with E-state index in [0.29, 0.717) is 0 Å². The molecule has 1 nitrogen and oxygen atoms in total. The number of thiazole rings is 1. The third kappa shape index (κ3) is 2.52. The van der Waals surface area contributed by atoms with Crippen LogP contribution in [0.15, 0.2) is 36.4 Å². The monoisotopic (exact) mass is 279 g/mol. The zero-order valence-electron chi connectivity index (χ0n) is 12.0. The van der Waals surface area contributed by atoms with E-state index in [0.717, 1.165) is 10.5 Å². The van der Waals surface area contributed by atoms with E-state index in [-0.39, 0.29) is 0 Å². The summed E-state index contributed by atoms with van der Waals surface area (Å²) in [6.45, 7) is 6.42. The number of aryl methyl sites for hydroxylation is 3. The fourth-order valence-electron chi connectivity index (χ4n) is 2.20. The third-order valence-corrected chi connectivity index (χ3v) is 4.60. The quantitative estimate of drug-likeness (QED) is 0.612. The van der Waals surface area contributed by atoms with E-state index in [4.69, 9.17) is 4.98 Å². The lowest BCUT2D eigenvalue weighted by Gasteiger charge is -1.97. The van der Waals surface area contributed by atoms with E-state index >= 15 is 0 Å². The molecule has 0 aliphatic rings. The van der Waals surface area contributed by atoms with E-state index in [9.17, 15) is 0 Å². The van der Waals surface area contributed by atoms with Gasteiger partial charge in [0, 0.05) is 0 Å². The second-order valence-electron chi connectivity index (χ2n) is 5.15. The Hall–Kier alpha value is -1.93. The van der Waals surface area contributed by atoms with Gasteiger partial charge in [-0.2, -0.15) is 0 Å². The lowest BCUT2D eigenvalue weighted by Crippen LogP contribution is -1.79. The first kappa shape index (κ1) is 13.1. The van der Waals surface area contributed by atoms with Crippen molar-refractivity contribution in [2.24, 2.45) is 0 Å². The Morgan fingerprint density at radius 1 is 0.900 bits per heavy atom. The van der Waals surface area contributed by atoms with Crippen LogP contribution in [0.4, 0.5) is 0 Å². The lowest BCUT2D eigenvalue weighted by atomic mass is 10.1. The number of rotatable bonds is 2. The Balaban J connectivity index is 1.97.